The Kier molecular flexibility index (Phi) is 3.39. The fourth-order valence-corrected chi connectivity index (χ4v) is 5.37. The molecule has 0 radical (unpaired) electrons. The summed E-state index contributed by atoms with van der Waals surface area (Å²) in [5.41, 5.74) is 1.37. The molecule has 2 aliphatic heterocycles. The van der Waals surface area contributed by atoms with Crippen LogP contribution in [0.2, 0.25) is 0 Å². The van der Waals surface area contributed by atoms with Gasteiger partial charge in [-0.1, -0.05) is 30.3 Å². The quantitative estimate of drug-likeness (QED) is 0.852. The molecule has 19 heavy (non-hydrogen) atoms. The van der Waals surface area contributed by atoms with Crippen LogP contribution in [0.5, 0.6) is 0 Å². The molecule has 2 unspecified atom stereocenters. The van der Waals surface area contributed by atoms with E-state index in [1.165, 1.54) is 11.8 Å². The van der Waals surface area contributed by atoms with Gasteiger partial charge in [0.2, 0.25) is 10.0 Å². The van der Waals surface area contributed by atoms with Crippen LogP contribution in [0, 0.1) is 5.92 Å². The molecule has 0 saturated carbocycles. The maximum atomic E-state index is 11.8. The fourth-order valence-electron chi connectivity index (χ4n) is 3.90. The van der Waals surface area contributed by atoms with Crippen molar-refractivity contribution in [1.29, 1.82) is 0 Å². The van der Waals surface area contributed by atoms with Gasteiger partial charge in [0.05, 0.1) is 6.26 Å². The molecule has 4 heteroatoms. The van der Waals surface area contributed by atoms with Crippen LogP contribution in [0.4, 0.5) is 0 Å². The first-order valence-corrected chi connectivity index (χ1v) is 8.91. The minimum atomic E-state index is -3.02. The van der Waals surface area contributed by atoms with E-state index in [2.05, 4.69) is 24.3 Å². The molecular formula is C15H21NO2S. The molecule has 2 fully saturated rings. The number of nitrogens with zero attached hydrogens (tertiary/aromatic N) is 1. The molecule has 3 nitrogen and oxygen atoms in total. The number of piperidine rings is 1. The SMILES string of the molecule is CS(=O)(=O)N1C2CC[C@H]1CC(Cc1ccccc1)C2. The van der Waals surface area contributed by atoms with Crippen molar-refractivity contribution in [3.05, 3.63) is 35.9 Å². The maximum absolute atomic E-state index is 11.8. The first kappa shape index (κ1) is 13.1. The summed E-state index contributed by atoms with van der Waals surface area (Å²) in [6.45, 7) is 0. The number of rotatable bonds is 3. The van der Waals surface area contributed by atoms with E-state index in [1.54, 1.807) is 4.31 Å². The summed E-state index contributed by atoms with van der Waals surface area (Å²) < 4.78 is 25.5. The lowest BCUT2D eigenvalue weighted by Gasteiger charge is -2.37. The molecule has 2 aliphatic rings. The van der Waals surface area contributed by atoms with Crippen molar-refractivity contribution in [3.8, 4) is 0 Å². The molecule has 0 aromatic heterocycles. The molecule has 1 aromatic carbocycles. The van der Waals surface area contributed by atoms with Crippen molar-refractivity contribution < 1.29 is 8.42 Å². The smallest absolute Gasteiger partial charge is 0.211 e. The van der Waals surface area contributed by atoms with Crippen LogP contribution in [0.1, 0.15) is 31.2 Å². The zero-order valence-corrected chi connectivity index (χ0v) is 12.1. The monoisotopic (exact) mass is 279 g/mol. The molecule has 2 saturated heterocycles. The number of hydrogen-bond donors (Lipinski definition) is 0. The van der Waals surface area contributed by atoms with E-state index in [1.807, 2.05) is 6.07 Å². The van der Waals surface area contributed by atoms with Crippen LogP contribution in [-0.4, -0.2) is 31.1 Å². The normalized spacial score (nSPS) is 31.5. The van der Waals surface area contributed by atoms with Crippen molar-refractivity contribution in [2.24, 2.45) is 5.92 Å². The maximum Gasteiger partial charge on any atom is 0.211 e. The van der Waals surface area contributed by atoms with Crippen LogP contribution in [-0.2, 0) is 16.4 Å². The molecule has 0 amide bonds. The third-order valence-corrected chi connectivity index (χ3v) is 5.88. The van der Waals surface area contributed by atoms with Gasteiger partial charge in [0.1, 0.15) is 0 Å². The second-order valence-electron chi connectivity index (χ2n) is 6.01. The fraction of sp³-hybridized carbons (Fsp3) is 0.600. The minimum absolute atomic E-state index is 0.252. The third-order valence-electron chi connectivity index (χ3n) is 4.51. The van der Waals surface area contributed by atoms with Gasteiger partial charge in [-0.2, -0.15) is 4.31 Å². The number of benzene rings is 1. The Labute approximate surface area is 115 Å². The first-order valence-electron chi connectivity index (χ1n) is 7.06. The van der Waals surface area contributed by atoms with Gasteiger partial charge in [-0.3, -0.25) is 0 Å². The standard InChI is InChI=1S/C15H21NO2S/c1-19(17,18)16-14-7-8-15(16)11-13(10-14)9-12-5-3-2-4-6-12/h2-6,13-15H,7-11H2,1H3/t13?,14-,15?/m0/s1. The lowest BCUT2D eigenvalue weighted by molar-refractivity contribution is 0.191. The van der Waals surface area contributed by atoms with Gasteiger partial charge in [-0.05, 0) is 43.6 Å². The molecule has 3 rings (SSSR count). The number of fused-ring (bicyclic) bond motifs is 2. The predicted molar refractivity (Wildman–Crippen MR) is 76.4 cm³/mol. The van der Waals surface area contributed by atoms with Crippen molar-refractivity contribution in [2.45, 2.75) is 44.2 Å². The van der Waals surface area contributed by atoms with Crippen LogP contribution in [0.15, 0.2) is 30.3 Å². The van der Waals surface area contributed by atoms with Crippen molar-refractivity contribution in [3.63, 3.8) is 0 Å². The van der Waals surface area contributed by atoms with Gasteiger partial charge < -0.3 is 0 Å². The minimum Gasteiger partial charge on any atom is -0.212 e. The molecule has 2 bridgehead atoms. The lowest BCUT2D eigenvalue weighted by Crippen LogP contribution is -2.46. The highest BCUT2D eigenvalue weighted by Gasteiger charge is 2.44. The zero-order chi connectivity index (χ0) is 13.5. The second kappa shape index (κ2) is 4.91. The summed E-state index contributed by atoms with van der Waals surface area (Å²) in [4.78, 5) is 0. The predicted octanol–water partition coefficient (Wildman–Crippen LogP) is 2.43. The Morgan fingerprint density at radius 2 is 1.68 bits per heavy atom. The van der Waals surface area contributed by atoms with Crippen LogP contribution in [0.3, 0.4) is 0 Å². The Bertz CT molecular complexity index is 527. The van der Waals surface area contributed by atoms with Gasteiger partial charge in [-0.25, -0.2) is 8.42 Å². The second-order valence-corrected chi connectivity index (χ2v) is 7.89. The summed E-state index contributed by atoms with van der Waals surface area (Å²) in [5, 5.41) is 0. The van der Waals surface area contributed by atoms with Gasteiger partial charge in [0.15, 0.2) is 0 Å². The molecule has 104 valence electrons. The Morgan fingerprint density at radius 1 is 1.11 bits per heavy atom. The third kappa shape index (κ3) is 2.70. The summed E-state index contributed by atoms with van der Waals surface area (Å²) in [6.07, 6.45) is 6.59. The number of hydrogen-bond acceptors (Lipinski definition) is 2. The molecule has 0 spiro atoms. The highest BCUT2D eigenvalue weighted by molar-refractivity contribution is 7.88. The van der Waals surface area contributed by atoms with Gasteiger partial charge in [-0.15, -0.1) is 0 Å². The topological polar surface area (TPSA) is 37.4 Å². The largest absolute Gasteiger partial charge is 0.212 e. The van der Waals surface area contributed by atoms with Gasteiger partial charge >= 0.3 is 0 Å². The van der Waals surface area contributed by atoms with Crippen molar-refractivity contribution >= 4 is 10.0 Å². The van der Waals surface area contributed by atoms with Crippen LogP contribution < -0.4 is 0 Å². The molecule has 3 atom stereocenters. The van der Waals surface area contributed by atoms with Crippen LogP contribution in [0.25, 0.3) is 0 Å². The van der Waals surface area contributed by atoms with E-state index in [0.29, 0.717) is 5.92 Å². The van der Waals surface area contributed by atoms with Gasteiger partial charge in [0, 0.05) is 12.1 Å². The van der Waals surface area contributed by atoms with Gasteiger partial charge in [0.25, 0.3) is 0 Å². The zero-order valence-electron chi connectivity index (χ0n) is 11.3. The average Bonchev–Trinajstić information content (AvgIpc) is 2.64. The number of sulfonamides is 1. The Morgan fingerprint density at radius 3 is 2.21 bits per heavy atom. The molecule has 0 aliphatic carbocycles. The lowest BCUT2D eigenvalue weighted by atomic mass is 9.87. The highest BCUT2D eigenvalue weighted by Crippen LogP contribution is 2.41. The van der Waals surface area contributed by atoms with E-state index in [0.717, 1.165) is 32.1 Å². The van der Waals surface area contributed by atoms with Crippen molar-refractivity contribution in [1.82, 2.24) is 4.31 Å². The summed E-state index contributed by atoms with van der Waals surface area (Å²) in [5.74, 6) is 0.637. The van der Waals surface area contributed by atoms with E-state index >= 15 is 0 Å². The average molecular weight is 279 g/mol. The Balaban J connectivity index is 1.71. The Hall–Kier alpha value is -0.870. The van der Waals surface area contributed by atoms with Crippen LogP contribution >= 0.6 is 0 Å². The van der Waals surface area contributed by atoms with E-state index in [-0.39, 0.29) is 12.1 Å². The van der Waals surface area contributed by atoms with E-state index < -0.39 is 10.0 Å². The molecule has 0 N–H and O–H groups in total. The molecule has 2 heterocycles. The summed E-state index contributed by atoms with van der Waals surface area (Å²) >= 11 is 0. The van der Waals surface area contributed by atoms with E-state index in [4.69, 9.17) is 0 Å². The van der Waals surface area contributed by atoms with E-state index in [9.17, 15) is 8.42 Å². The first-order chi connectivity index (χ1) is 9.04. The molecule has 1 aromatic rings. The summed E-state index contributed by atoms with van der Waals surface area (Å²) in [6, 6.07) is 11.0. The highest BCUT2D eigenvalue weighted by atomic mass is 32.2. The molecular weight excluding hydrogens is 258 g/mol. The van der Waals surface area contributed by atoms with Crippen molar-refractivity contribution in [2.75, 3.05) is 6.26 Å². The summed E-state index contributed by atoms with van der Waals surface area (Å²) in [7, 11) is -3.02.